The molecule has 2 amide bonds. The van der Waals surface area contributed by atoms with Gasteiger partial charge in [-0.15, -0.1) is 0 Å². The molecule has 0 atom stereocenters. The van der Waals surface area contributed by atoms with Gasteiger partial charge in [0, 0.05) is 16.7 Å². The van der Waals surface area contributed by atoms with Crippen LogP contribution in [-0.4, -0.2) is 23.0 Å². The van der Waals surface area contributed by atoms with Crippen molar-refractivity contribution in [1.29, 1.82) is 5.26 Å². The number of nitrogens with zero attached hydrogens (tertiary/aromatic N) is 1. The summed E-state index contributed by atoms with van der Waals surface area (Å²) in [7, 11) is 0. The second kappa shape index (κ2) is 8.84. The van der Waals surface area contributed by atoms with Crippen molar-refractivity contribution in [2.45, 2.75) is 20.0 Å². The molecule has 0 saturated heterocycles. The van der Waals surface area contributed by atoms with Crippen molar-refractivity contribution in [1.82, 2.24) is 10.9 Å². The molecule has 3 aromatic rings. The highest BCUT2D eigenvalue weighted by atomic mass is 16.5. The number of phenols is 1. The summed E-state index contributed by atoms with van der Waals surface area (Å²) in [5, 5.41) is 18.5. The van der Waals surface area contributed by atoms with Crippen LogP contribution in [0.25, 0.3) is 11.1 Å². The van der Waals surface area contributed by atoms with E-state index in [1.54, 1.807) is 24.3 Å². The van der Waals surface area contributed by atoms with Crippen LogP contribution in [-0.2, 0) is 0 Å². The molecule has 0 fully saturated rings. The van der Waals surface area contributed by atoms with Crippen LogP contribution < -0.4 is 15.6 Å². The molecule has 2 aromatic carbocycles. The fraction of sp³-hybridized carbons (Fsp3) is 0.136. The number of carbonyl (C=O) groups is 2. The number of benzene rings is 2. The van der Waals surface area contributed by atoms with E-state index < -0.39 is 11.8 Å². The second-order valence-corrected chi connectivity index (χ2v) is 6.58. The van der Waals surface area contributed by atoms with Crippen LogP contribution >= 0.6 is 0 Å². The fourth-order valence-corrected chi connectivity index (χ4v) is 2.75. The van der Waals surface area contributed by atoms with Gasteiger partial charge in [0.2, 0.25) is 5.76 Å². The van der Waals surface area contributed by atoms with Crippen molar-refractivity contribution in [2.24, 2.45) is 0 Å². The number of carbonyl (C=O) groups excluding carboxylic acids is 2. The van der Waals surface area contributed by atoms with E-state index in [1.807, 2.05) is 26.0 Å². The number of nitriles is 1. The largest absolute Gasteiger partial charge is 0.507 e. The summed E-state index contributed by atoms with van der Waals surface area (Å²) < 4.78 is 11.1. The van der Waals surface area contributed by atoms with Crippen molar-refractivity contribution >= 4 is 11.8 Å². The second-order valence-electron chi connectivity index (χ2n) is 6.58. The Balaban J connectivity index is 1.77. The number of hydrogen-bond acceptors (Lipinski definition) is 6. The molecule has 0 aliphatic carbocycles. The molecule has 0 spiro atoms. The summed E-state index contributed by atoms with van der Waals surface area (Å²) in [5.41, 5.74) is 5.78. The Kier molecular flexibility index (Phi) is 6.03. The SMILES string of the molecule is CC(C)Oc1ccccc1-c1ccoc1C(=O)NNC(=O)c1ccc(O)c(C#N)c1. The van der Waals surface area contributed by atoms with Gasteiger partial charge in [0.1, 0.15) is 17.6 Å². The van der Waals surface area contributed by atoms with Gasteiger partial charge in [-0.25, -0.2) is 0 Å². The summed E-state index contributed by atoms with van der Waals surface area (Å²) in [6.45, 7) is 3.80. The summed E-state index contributed by atoms with van der Waals surface area (Å²) in [6, 6.07) is 14.4. The van der Waals surface area contributed by atoms with Gasteiger partial charge in [0.05, 0.1) is 17.9 Å². The summed E-state index contributed by atoms with van der Waals surface area (Å²) >= 11 is 0. The number of amides is 2. The van der Waals surface area contributed by atoms with Gasteiger partial charge in [-0.3, -0.25) is 20.4 Å². The molecule has 8 nitrogen and oxygen atoms in total. The van der Waals surface area contributed by atoms with E-state index in [0.717, 1.165) is 0 Å². The highest BCUT2D eigenvalue weighted by Crippen LogP contribution is 2.33. The normalized spacial score (nSPS) is 10.3. The van der Waals surface area contributed by atoms with Crippen LogP contribution in [0.1, 0.15) is 40.3 Å². The quantitative estimate of drug-likeness (QED) is 0.559. The first-order valence-electron chi connectivity index (χ1n) is 9.08. The molecular weight excluding hydrogens is 386 g/mol. The maximum absolute atomic E-state index is 12.6. The molecule has 0 aliphatic rings. The predicted molar refractivity (Wildman–Crippen MR) is 108 cm³/mol. The van der Waals surface area contributed by atoms with Crippen LogP contribution in [0.3, 0.4) is 0 Å². The average Bonchev–Trinajstić information content (AvgIpc) is 3.22. The Labute approximate surface area is 172 Å². The van der Waals surface area contributed by atoms with Crippen LogP contribution in [0, 0.1) is 11.3 Å². The molecule has 8 heteroatoms. The van der Waals surface area contributed by atoms with Gasteiger partial charge in [0.15, 0.2) is 0 Å². The van der Waals surface area contributed by atoms with Crippen molar-refractivity contribution in [2.75, 3.05) is 0 Å². The number of furan rings is 1. The zero-order chi connectivity index (χ0) is 21.7. The van der Waals surface area contributed by atoms with E-state index in [9.17, 15) is 14.7 Å². The number of ether oxygens (including phenoxy) is 1. The maximum Gasteiger partial charge on any atom is 0.306 e. The third-order valence-corrected chi connectivity index (χ3v) is 4.08. The molecular formula is C22H19N3O5. The van der Waals surface area contributed by atoms with Gasteiger partial charge in [-0.1, -0.05) is 18.2 Å². The Hall–Kier alpha value is -4.25. The molecule has 30 heavy (non-hydrogen) atoms. The first kappa shape index (κ1) is 20.5. The van der Waals surface area contributed by atoms with Crippen LogP contribution in [0.4, 0.5) is 0 Å². The van der Waals surface area contributed by atoms with Gasteiger partial charge in [-0.05, 0) is 44.2 Å². The number of hydrazine groups is 1. The highest BCUT2D eigenvalue weighted by molar-refractivity contribution is 6.01. The molecule has 152 valence electrons. The Bertz CT molecular complexity index is 1130. The van der Waals surface area contributed by atoms with E-state index in [-0.39, 0.29) is 28.7 Å². The molecule has 0 radical (unpaired) electrons. The molecule has 0 saturated carbocycles. The lowest BCUT2D eigenvalue weighted by Crippen LogP contribution is -2.41. The van der Waals surface area contributed by atoms with E-state index >= 15 is 0 Å². The zero-order valence-corrected chi connectivity index (χ0v) is 16.3. The topological polar surface area (TPSA) is 125 Å². The number of phenolic OH excluding ortho intramolecular Hbond substituents is 1. The Morgan fingerprint density at radius 3 is 2.53 bits per heavy atom. The molecule has 1 heterocycles. The van der Waals surface area contributed by atoms with Crippen molar-refractivity contribution < 1.29 is 23.8 Å². The summed E-state index contributed by atoms with van der Waals surface area (Å²) in [6.07, 6.45) is 1.32. The van der Waals surface area contributed by atoms with E-state index in [4.69, 9.17) is 14.4 Å². The molecule has 1 aromatic heterocycles. The predicted octanol–water partition coefficient (Wildman–Crippen LogP) is 3.39. The smallest absolute Gasteiger partial charge is 0.306 e. The van der Waals surface area contributed by atoms with E-state index in [0.29, 0.717) is 16.9 Å². The third kappa shape index (κ3) is 4.42. The minimum atomic E-state index is -0.665. The highest BCUT2D eigenvalue weighted by Gasteiger charge is 2.20. The van der Waals surface area contributed by atoms with Crippen molar-refractivity contribution in [3.05, 3.63) is 71.7 Å². The monoisotopic (exact) mass is 405 g/mol. The van der Waals surface area contributed by atoms with Gasteiger partial charge < -0.3 is 14.3 Å². The standard InChI is InChI=1S/C22H19N3O5/c1-13(2)30-19-6-4-3-5-16(19)17-9-10-29-20(17)22(28)25-24-21(27)14-7-8-18(26)15(11-14)12-23/h3-11,13,26H,1-2H3,(H,24,27)(H,25,28). The van der Waals surface area contributed by atoms with Crippen molar-refractivity contribution in [3.63, 3.8) is 0 Å². The number of para-hydroxylation sites is 1. The Morgan fingerprint density at radius 2 is 1.80 bits per heavy atom. The summed E-state index contributed by atoms with van der Waals surface area (Å²) in [5.74, 6) is -0.960. The minimum absolute atomic E-state index is 0.00136. The molecule has 3 rings (SSSR count). The lowest BCUT2D eigenvalue weighted by molar-refractivity contribution is 0.0831. The summed E-state index contributed by atoms with van der Waals surface area (Å²) in [4.78, 5) is 24.9. The lowest BCUT2D eigenvalue weighted by Gasteiger charge is -2.14. The van der Waals surface area contributed by atoms with E-state index in [1.165, 1.54) is 24.5 Å². The van der Waals surface area contributed by atoms with Crippen LogP contribution in [0.2, 0.25) is 0 Å². The van der Waals surface area contributed by atoms with E-state index in [2.05, 4.69) is 10.9 Å². The maximum atomic E-state index is 12.6. The van der Waals surface area contributed by atoms with Gasteiger partial charge in [0.25, 0.3) is 5.91 Å². The lowest BCUT2D eigenvalue weighted by atomic mass is 10.0. The Morgan fingerprint density at radius 1 is 1.07 bits per heavy atom. The first-order valence-corrected chi connectivity index (χ1v) is 9.08. The molecule has 0 aliphatic heterocycles. The zero-order valence-electron chi connectivity index (χ0n) is 16.3. The number of hydrogen-bond donors (Lipinski definition) is 3. The number of rotatable bonds is 5. The molecule has 3 N–H and O–H groups in total. The number of nitrogens with one attached hydrogen (secondary N) is 2. The number of aromatic hydroxyl groups is 1. The molecule has 0 bridgehead atoms. The van der Waals surface area contributed by atoms with Crippen LogP contribution in [0.5, 0.6) is 11.5 Å². The van der Waals surface area contributed by atoms with Crippen LogP contribution in [0.15, 0.2) is 59.2 Å². The fourth-order valence-electron chi connectivity index (χ4n) is 2.75. The third-order valence-electron chi connectivity index (χ3n) is 4.08. The minimum Gasteiger partial charge on any atom is -0.507 e. The first-order chi connectivity index (χ1) is 14.4. The molecule has 0 unspecified atom stereocenters. The van der Waals surface area contributed by atoms with Crippen molar-refractivity contribution in [3.8, 4) is 28.7 Å². The average molecular weight is 405 g/mol. The van der Waals surface area contributed by atoms with Gasteiger partial charge in [-0.2, -0.15) is 5.26 Å². The van der Waals surface area contributed by atoms with Gasteiger partial charge >= 0.3 is 5.91 Å².